The van der Waals surface area contributed by atoms with Crippen LogP contribution in [0.1, 0.15) is 34.7 Å². The minimum Gasteiger partial charge on any atom is -0.480 e. The normalized spacial score (nSPS) is 16.8. The zero-order chi connectivity index (χ0) is 18.0. The summed E-state index contributed by atoms with van der Waals surface area (Å²) >= 11 is 1.21. The summed E-state index contributed by atoms with van der Waals surface area (Å²) in [5, 5.41) is 13.9. The van der Waals surface area contributed by atoms with Crippen molar-refractivity contribution in [2.24, 2.45) is 0 Å². The number of nitrogens with zero attached hydrogens (tertiary/aromatic N) is 2. The lowest BCUT2D eigenvalue weighted by molar-refractivity contribution is -0.148. The summed E-state index contributed by atoms with van der Waals surface area (Å²) in [6, 6.07) is 0.816. The highest BCUT2D eigenvalue weighted by atomic mass is 32.1. The molecule has 2 amide bonds. The topological polar surface area (TPSA) is 113 Å². The van der Waals surface area contributed by atoms with Gasteiger partial charge in [0.05, 0.1) is 23.9 Å². The van der Waals surface area contributed by atoms with Crippen molar-refractivity contribution in [1.29, 1.82) is 0 Å². The molecule has 0 unspecified atom stereocenters. The third kappa shape index (κ3) is 3.71. The van der Waals surface area contributed by atoms with Crippen LogP contribution in [-0.2, 0) is 16.0 Å². The van der Waals surface area contributed by atoms with Gasteiger partial charge < -0.3 is 14.4 Å². The van der Waals surface area contributed by atoms with Gasteiger partial charge in [0.2, 0.25) is 5.91 Å². The number of carbonyl (C=O) groups excluding carboxylic acids is 2. The Bertz CT molecular complexity index is 812. The molecule has 2 N–H and O–H groups in total. The van der Waals surface area contributed by atoms with Crippen LogP contribution in [-0.4, -0.2) is 45.4 Å². The fourth-order valence-corrected chi connectivity index (χ4v) is 3.51. The molecule has 0 radical (unpaired) electrons. The number of hydrogen-bond donors (Lipinski definition) is 2. The summed E-state index contributed by atoms with van der Waals surface area (Å²) in [4.78, 5) is 41.2. The van der Waals surface area contributed by atoms with E-state index in [4.69, 9.17) is 9.52 Å². The number of nitrogens with one attached hydrogen (secondary N) is 1. The second kappa shape index (κ2) is 7.06. The van der Waals surface area contributed by atoms with Gasteiger partial charge in [-0.1, -0.05) is 0 Å². The number of amides is 2. The monoisotopic (exact) mass is 363 g/mol. The van der Waals surface area contributed by atoms with E-state index in [1.54, 1.807) is 18.4 Å². The van der Waals surface area contributed by atoms with E-state index >= 15 is 0 Å². The Hall–Kier alpha value is -2.68. The van der Waals surface area contributed by atoms with Gasteiger partial charge in [-0.2, -0.15) is 0 Å². The summed E-state index contributed by atoms with van der Waals surface area (Å²) in [6.07, 6.45) is 2.61. The predicted octanol–water partition coefficient (Wildman–Crippen LogP) is 1.91. The summed E-state index contributed by atoms with van der Waals surface area (Å²) in [5.74, 6) is -1.06. The molecule has 1 aliphatic heterocycles. The molecule has 3 heterocycles. The molecule has 0 saturated carbocycles. The molecule has 1 fully saturated rings. The number of hydrogen-bond acceptors (Lipinski definition) is 6. The highest BCUT2D eigenvalue weighted by Crippen LogP contribution is 2.21. The molecule has 0 aliphatic carbocycles. The van der Waals surface area contributed by atoms with Gasteiger partial charge in [-0.05, 0) is 25.8 Å². The van der Waals surface area contributed by atoms with Gasteiger partial charge in [0, 0.05) is 11.9 Å². The Balaban J connectivity index is 1.62. The quantitative estimate of drug-likeness (QED) is 0.839. The summed E-state index contributed by atoms with van der Waals surface area (Å²) in [6.45, 7) is 2.14. The number of carboxylic acid groups (broad SMARTS) is 1. The first-order valence-electron chi connectivity index (χ1n) is 7.78. The Kier molecular flexibility index (Phi) is 4.84. The molecule has 3 rings (SSSR count). The minimum atomic E-state index is -0.979. The molecule has 25 heavy (non-hydrogen) atoms. The van der Waals surface area contributed by atoms with Crippen molar-refractivity contribution in [1.82, 2.24) is 9.88 Å². The van der Waals surface area contributed by atoms with Crippen molar-refractivity contribution in [3.8, 4) is 0 Å². The van der Waals surface area contributed by atoms with Crippen molar-refractivity contribution in [3.63, 3.8) is 0 Å². The van der Waals surface area contributed by atoms with E-state index in [0.29, 0.717) is 41.5 Å². The molecule has 2 aromatic rings. The number of likely N-dealkylation sites (tertiary alicyclic amines) is 1. The molecule has 1 atom stereocenters. The third-order valence-corrected chi connectivity index (χ3v) is 4.87. The zero-order valence-corrected chi connectivity index (χ0v) is 14.3. The zero-order valence-electron chi connectivity index (χ0n) is 13.5. The number of anilines is 1. The molecule has 132 valence electrons. The Morgan fingerprint density at radius 3 is 2.96 bits per heavy atom. The van der Waals surface area contributed by atoms with Crippen LogP contribution in [0.25, 0.3) is 0 Å². The first-order valence-corrected chi connectivity index (χ1v) is 8.66. The lowest BCUT2D eigenvalue weighted by atomic mass is 10.2. The summed E-state index contributed by atoms with van der Waals surface area (Å²) < 4.78 is 5.09. The Labute approximate surface area is 147 Å². The van der Waals surface area contributed by atoms with Crippen LogP contribution in [0.5, 0.6) is 0 Å². The van der Waals surface area contributed by atoms with Crippen LogP contribution in [0.15, 0.2) is 22.1 Å². The van der Waals surface area contributed by atoms with Gasteiger partial charge in [-0.25, -0.2) is 9.78 Å². The third-order valence-electron chi connectivity index (χ3n) is 4.07. The molecule has 2 aromatic heterocycles. The molecule has 0 bridgehead atoms. The summed E-state index contributed by atoms with van der Waals surface area (Å²) in [5.41, 5.74) is 0.930. The number of carboxylic acids is 1. The maximum atomic E-state index is 12.3. The van der Waals surface area contributed by atoms with Crippen molar-refractivity contribution in [2.75, 3.05) is 11.9 Å². The number of aryl methyl sites for hydroxylation is 1. The maximum Gasteiger partial charge on any atom is 0.326 e. The summed E-state index contributed by atoms with van der Waals surface area (Å²) in [7, 11) is 0. The lowest BCUT2D eigenvalue weighted by Crippen LogP contribution is -2.41. The largest absolute Gasteiger partial charge is 0.480 e. The Morgan fingerprint density at radius 1 is 1.48 bits per heavy atom. The van der Waals surface area contributed by atoms with E-state index in [0.717, 1.165) is 0 Å². The highest BCUT2D eigenvalue weighted by Gasteiger charge is 2.33. The SMILES string of the molecule is Cc1occc1C(=O)Nc1nc(CC(=O)N2CCC[C@@H]2C(=O)O)cs1. The van der Waals surface area contributed by atoms with E-state index in [1.165, 1.54) is 22.5 Å². The Morgan fingerprint density at radius 2 is 2.28 bits per heavy atom. The van der Waals surface area contributed by atoms with E-state index in [-0.39, 0.29) is 18.2 Å². The molecular formula is C16H17N3O5S. The molecule has 0 aromatic carbocycles. The average Bonchev–Trinajstić information content (AvgIpc) is 3.27. The molecule has 1 saturated heterocycles. The number of thiazole rings is 1. The van der Waals surface area contributed by atoms with Crippen molar-refractivity contribution in [3.05, 3.63) is 34.7 Å². The minimum absolute atomic E-state index is 0.0148. The molecule has 9 heteroatoms. The average molecular weight is 363 g/mol. The van der Waals surface area contributed by atoms with Crippen LogP contribution in [0, 0.1) is 6.92 Å². The van der Waals surface area contributed by atoms with Crippen molar-refractivity contribution in [2.45, 2.75) is 32.2 Å². The van der Waals surface area contributed by atoms with Crippen molar-refractivity contribution >= 4 is 34.3 Å². The first-order chi connectivity index (χ1) is 12.0. The van der Waals surface area contributed by atoms with Gasteiger partial charge >= 0.3 is 5.97 Å². The molecule has 8 nitrogen and oxygen atoms in total. The van der Waals surface area contributed by atoms with E-state index < -0.39 is 12.0 Å². The number of carbonyl (C=O) groups is 3. The molecule has 1 aliphatic rings. The van der Waals surface area contributed by atoms with E-state index in [9.17, 15) is 14.4 Å². The van der Waals surface area contributed by atoms with Gasteiger partial charge in [0.15, 0.2) is 5.13 Å². The second-order valence-corrected chi connectivity index (χ2v) is 6.61. The van der Waals surface area contributed by atoms with Crippen LogP contribution in [0.4, 0.5) is 5.13 Å². The first kappa shape index (κ1) is 17.2. The number of aromatic nitrogens is 1. The molecule has 0 spiro atoms. The number of furan rings is 1. The number of aliphatic carboxylic acids is 1. The molecular weight excluding hydrogens is 346 g/mol. The smallest absolute Gasteiger partial charge is 0.326 e. The van der Waals surface area contributed by atoms with Crippen LogP contribution < -0.4 is 5.32 Å². The van der Waals surface area contributed by atoms with Crippen LogP contribution in [0.2, 0.25) is 0 Å². The predicted molar refractivity (Wildman–Crippen MR) is 89.6 cm³/mol. The van der Waals surface area contributed by atoms with E-state index in [2.05, 4.69) is 10.3 Å². The fourth-order valence-electron chi connectivity index (χ4n) is 2.81. The van der Waals surface area contributed by atoms with Gasteiger partial charge in [-0.15, -0.1) is 11.3 Å². The maximum absolute atomic E-state index is 12.3. The van der Waals surface area contributed by atoms with Crippen LogP contribution >= 0.6 is 11.3 Å². The lowest BCUT2D eigenvalue weighted by Gasteiger charge is -2.20. The highest BCUT2D eigenvalue weighted by molar-refractivity contribution is 7.14. The number of rotatable bonds is 5. The van der Waals surface area contributed by atoms with Gasteiger partial charge in [0.1, 0.15) is 11.8 Å². The second-order valence-electron chi connectivity index (χ2n) is 5.75. The standard InChI is InChI=1S/C16H17N3O5S/c1-9-11(4-6-24-9)14(21)18-16-17-10(8-25-16)7-13(20)19-5-2-3-12(19)15(22)23/h4,6,8,12H,2-3,5,7H2,1H3,(H,22,23)(H,17,18,21)/t12-/m1/s1. The van der Waals surface area contributed by atoms with Gasteiger partial charge in [-0.3, -0.25) is 14.9 Å². The fraction of sp³-hybridized carbons (Fsp3) is 0.375. The van der Waals surface area contributed by atoms with E-state index in [1.807, 2.05) is 0 Å². The van der Waals surface area contributed by atoms with Crippen LogP contribution in [0.3, 0.4) is 0 Å². The van der Waals surface area contributed by atoms with Gasteiger partial charge in [0.25, 0.3) is 5.91 Å². The van der Waals surface area contributed by atoms with Crippen molar-refractivity contribution < 1.29 is 23.9 Å².